The number of hydrogen-bond acceptors (Lipinski definition) is 4. The number of aromatic nitrogens is 2. The number of aliphatic hydroxyl groups excluding tert-OH is 1. The van der Waals surface area contributed by atoms with Crippen molar-refractivity contribution in [2.24, 2.45) is 7.05 Å². The second-order valence-electron chi connectivity index (χ2n) is 5.01. The number of aliphatic hydroxyl groups is 1. The minimum absolute atomic E-state index is 0.560. The summed E-state index contributed by atoms with van der Waals surface area (Å²) in [6.07, 6.45) is 1.49. The minimum Gasteiger partial charge on any atom is -0.387 e. The number of aryl methyl sites for hydroxylation is 1. The lowest BCUT2D eigenvalue weighted by Crippen LogP contribution is -2.26. The molecule has 0 amide bonds. The van der Waals surface area contributed by atoms with E-state index in [4.69, 9.17) is 9.47 Å². The van der Waals surface area contributed by atoms with E-state index < -0.39 is 11.9 Å². The summed E-state index contributed by atoms with van der Waals surface area (Å²) in [5, 5.41) is 14.7. The van der Waals surface area contributed by atoms with Crippen molar-refractivity contribution in [2.45, 2.75) is 45.0 Å². The van der Waals surface area contributed by atoms with Gasteiger partial charge in [0.1, 0.15) is 5.69 Å². The van der Waals surface area contributed by atoms with E-state index in [9.17, 15) is 5.11 Å². The number of nitrogens with zero attached hydrogens (tertiary/aromatic N) is 2. The molecule has 2 heterocycles. The Bertz CT molecular complexity index is 441. The van der Waals surface area contributed by atoms with Crippen molar-refractivity contribution in [3.63, 3.8) is 0 Å². The summed E-state index contributed by atoms with van der Waals surface area (Å²) < 4.78 is 13.8. The zero-order valence-electron chi connectivity index (χ0n) is 11.6. The van der Waals surface area contributed by atoms with Crippen molar-refractivity contribution in [1.82, 2.24) is 9.78 Å². The summed E-state index contributed by atoms with van der Waals surface area (Å²) >= 11 is 3.52. The summed E-state index contributed by atoms with van der Waals surface area (Å²) in [6, 6.07) is 0. The third kappa shape index (κ3) is 3.18. The van der Waals surface area contributed by atoms with Gasteiger partial charge in [-0.25, -0.2) is 0 Å². The highest BCUT2D eigenvalue weighted by molar-refractivity contribution is 9.10. The van der Waals surface area contributed by atoms with Crippen molar-refractivity contribution in [3.8, 4) is 0 Å². The summed E-state index contributed by atoms with van der Waals surface area (Å²) in [7, 11) is 1.89. The van der Waals surface area contributed by atoms with Crippen LogP contribution >= 0.6 is 15.9 Å². The molecular formula is C13H21BrN2O3. The van der Waals surface area contributed by atoms with Crippen LogP contribution in [0, 0.1) is 0 Å². The maximum atomic E-state index is 10.3. The second-order valence-corrected chi connectivity index (χ2v) is 5.80. The van der Waals surface area contributed by atoms with Gasteiger partial charge in [-0.05, 0) is 35.7 Å². The Morgan fingerprint density at radius 2 is 2.11 bits per heavy atom. The normalized spacial score (nSPS) is 19.8. The lowest BCUT2D eigenvalue weighted by Gasteiger charge is -2.23. The Morgan fingerprint density at radius 3 is 2.63 bits per heavy atom. The summed E-state index contributed by atoms with van der Waals surface area (Å²) in [5.41, 5.74) is 1.79. The van der Waals surface area contributed by atoms with Gasteiger partial charge in [-0.3, -0.25) is 4.68 Å². The Balaban J connectivity index is 2.01. The fourth-order valence-corrected chi connectivity index (χ4v) is 3.27. The van der Waals surface area contributed by atoms with E-state index in [0.29, 0.717) is 31.7 Å². The van der Waals surface area contributed by atoms with E-state index in [1.807, 2.05) is 18.7 Å². The molecule has 0 spiro atoms. The predicted molar refractivity (Wildman–Crippen MR) is 74.8 cm³/mol. The van der Waals surface area contributed by atoms with Crippen molar-refractivity contribution in [1.29, 1.82) is 0 Å². The molecule has 1 aromatic rings. The lowest BCUT2D eigenvalue weighted by atomic mass is 10.1. The Morgan fingerprint density at radius 1 is 1.47 bits per heavy atom. The standard InChI is InChI=1S/C13H21BrN2O3/c1-4-9-11(14)12(15-16(9)3)10(17)5-6-13(2)18-7-8-19-13/h10,17H,4-8H2,1-3H3. The molecule has 0 saturated carbocycles. The van der Waals surface area contributed by atoms with Gasteiger partial charge in [0.15, 0.2) is 5.79 Å². The fraction of sp³-hybridized carbons (Fsp3) is 0.769. The first-order valence-electron chi connectivity index (χ1n) is 6.64. The maximum Gasteiger partial charge on any atom is 0.165 e. The third-order valence-corrected chi connectivity index (χ3v) is 4.41. The Labute approximate surface area is 122 Å². The highest BCUT2D eigenvalue weighted by Crippen LogP contribution is 2.32. The van der Waals surface area contributed by atoms with Gasteiger partial charge in [0.2, 0.25) is 0 Å². The zero-order valence-corrected chi connectivity index (χ0v) is 13.2. The molecule has 0 aromatic carbocycles. The van der Waals surface area contributed by atoms with E-state index in [2.05, 4.69) is 28.0 Å². The van der Waals surface area contributed by atoms with E-state index in [0.717, 1.165) is 16.6 Å². The van der Waals surface area contributed by atoms with Gasteiger partial charge < -0.3 is 14.6 Å². The summed E-state index contributed by atoms with van der Waals surface area (Å²) in [6.45, 7) is 5.23. The van der Waals surface area contributed by atoms with E-state index in [1.165, 1.54) is 0 Å². The topological polar surface area (TPSA) is 56.5 Å². The monoisotopic (exact) mass is 332 g/mol. The second kappa shape index (κ2) is 5.91. The minimum atomic E-state index is -0.606. The summed E-state index contributed by atoms with van der Waals surface area (Å²) in [5.74, 6) is -0.560. The fourth-order valence-electron chi connectivity index (χ4n) is 2.39. The molecule has 1 fully saturated rings. The molecule has 1 unspecified atom stereocenters. The molecule has 19 heavy (non-hydrogen) atoms. The number of hydrogen-bond donors (Lipinski definition) is 1. The van der Waals surface area contributed by atoms with Crippen molar-refractivity contribution < 1.29 is 14.6 Å². The Hall–Kier alpha value is -0.430. The first-order valence-corrected chi connectivity index (χ1v) is 7.43. The highest BCUT2D eigenvalue weighted by atomic mass is 79.9. The molecule has 1 aliphatic rings. The van der Waals surface area contributed by atoms with Gasteiger partial charge in [0.25, 0.3) is 0 Å². The van der Waals surface area contributed by atoms with Gasteiger partial charge in [0, 0.05) is 13.5 Å². The predicted octanol–water partition coefficient (Wildman–Crippen LogP) is 2.32. The molecule has 1 atom stereocenters. The van der Waals surface area contributed by atoms with Crippen molar-refractivity contribution in [2.75, 3.05) is 13.2 Å². The van der Waals surface area contributed by atoms with Crippen LogP contribution in [0.4, 0.5) is 0 Å². The molecule has 0 radical (unpaired) electrons. The average molecular weight is 333 g/mol. The smallest absolute Gasteiger partial charge is 0.165 e. The Kier molecular flexibility index (Phi) is 4.66. The average Bonchev–Trinajstić information content (AvgIpc) is 2.92. The molecule has 1 saturated heterocycles. The van der Waals surface area contributed by atoms with E-state index in [-0.39, 0.29) is 0 Å². The SMILES string of the molecule is CCc1c(Br)c(C(O)CCC2(C)OCCO2)nn1C. The molecule has 0 bridgehead atoms. The quantitative estimate of drug-likeness (QED) is 0.899. The lowest BCUT2D eigenvalue weighted by molar-refractivity contribution is -0.151. The first kappa shape index (κ1) is 15.0. The molecular weight excluding hydrogens is 312 g/mol. The maximum absolute atomic E-state index is 10.3. The highest BCUT2D eigenvalue weighted by Gasteiger charge is 2.32. The molecule has 108 valence electrons. The van der Waals surface area contributed by atoms with Crippen LogP contribution < -0.4 is 0 Å². The number of ether oxygens (including phenoxy) is 2. The van der Waals surface area contributed by atoms with Crippen molar-refractivity contribution in [3.05, 3.63) is 15.9 Å². The van der Waals surface area contributed by atoms with Crippen LogP contribution in [0.25, 0.3) is 0 Å². The van der Waals surface area contributed by atoms with Gasteiger partial charge >= 0.3 is 0 Å². The van der Waals surface area contributed by atoms with Gasteiger partial charge in [-0.15, -0.1) is 0 Å². The molecule has 2 rings (SSSR count). The first-order chi connectivity index (χ1) is 8.97. The van der Waals surface area contributed by atoms with Gasteiger partial charge in [0.05, 0.1) is 29.5 Å². The van der Waals surface area contributed by atoms with Crippen LogP contribution in [-0.4, -0.2) is 33.9 Å². The molecule has 1 N–H and O–H groups in total. The van der Waals surface area contributed by atoms with Crippen LogP contribution in [0.15, 0.2) is 4.47 Å². The van der Waals surface area contributed by atoms with Crippen LogP contribution in [0.1, 0.15) is 44.2 Å². The van der Waals surface area contributed by atoms with Gasteiger partial charge in [-0.1, -0.05) is 6.92 Å². The number of rotatable bonds is 5. The van der Waals surface area contributed by atoms with Crippen LogP contribution in [0.5, 0.6) is 0 Å². The van der Waals surface area contributed by atoms with Crippen LogP contribution in [0.2, 0.25) is 0 Å². The molecule has 5 nitrogen and oxygen atoms in total. The molecule has 0 aliphatic carbocycles. The zero-order chi connectivity index (χ0) is 14.0. The molecule has 1 aliphatic heterocycles. The summed E-state index contributed by atoms with van der Waals surface area (Å²) in [4.78, 5) is 0. The van der Waals surface area contributed by atoms with Crippen LogP contribution in [-0.2, 0) is 22.9 Å². The van der Waals surface area contributed by atoms with E-state index in [1.54, 1.807) is 0 Å². The van der Waals surface area contributed by atoms with E-state index >= 15 is 0 Å². The van der Waals surface area contributed by atoms with Crippen molar-refractivity contribution >= 4 is 15.9 Å². The van der Waals surface area contributed by atoms with Gasteiger partial charge in [-0.2, -0.15) is 5.10 Å². The molecule has 1 aromatic heterocycles. The third-order valence-electron chi connectivity index (χ3n) is 3.55. The molecule has 6 heteroatoms. The van der Waals surface area contributed by atoms with Crippen LogP contribution in [0.3, 0.4) is 0 Å². The largest absolute Gasteiger partial charge is 0.387 e. The number of halogens is 1.